The number of halogens is 1. The molecule has 0 saturated carbocycles. The number of piperazine rings is 1. The van der Waals surface area contributed by atoms with Crippen molar-refractivity contribution in [3.8, 4) is 5.75 Å². The third kappa shape index (κ3) is 5.18. The SMILES string of the molecule is COc1ccc(CN2CCN(C(=O)CCC(C)N)CC2)cc1F. The van der Waals surface area contributed by atoms with Gasteiger partial charge in [0, 0.05) is 45.2 Å². The van der Waals surface area contributed by atoms with Crippen LogP contribution in [0.1, 0.15) is 25.3 Å². The van der Waals surface area contributed by atoms with Crippen LogP contribution in [0.2, 0.25) is 0 Å². The van der Waals surface area contributed by atoms with E-state index in [2.05, 4.69) is 4.90 Å². The van der Waals surface area contributed by atoms with Crippen molar-refractivity contribution < 1.29 is 13.9 Å². The van der Waals surface area contributed by atoms with E-state index in [9.17, 15) is 9.18 Å². The molecule has 23 heavy (non-hydrogen) atoms. The zero-order chi connectivity index (χ0) is 16.8. The fourth-order valence-electron chi connectivity index (χ4n) is 2.73. The lowest BCUT2D eigenvalue weighted by molar-refractivity contribution is -0.133. The summed E-state index contributed by atoms with van der Waals surface area (Å²) in [6, 6.07) is 5.10. The summed E-state index contributed by atoms with van der Waals surface area (Å²) in [5.41, 5.74) is 6.61. The van der Waals surface area contributed by atoms with Crippen LogP contribution < -0.4 is 10.5 Å². The molecule has 1 aliphatic heterocycles. The number of nitrogens with zero attached hydrogens (tertiary/aromatic N) is 2. The molecular formula is C17H26FN3O2. The molecule has 0 bridgehead atoms. The van der Waals surface area contributed by atoms with Crippen molar-refractivity contribution in [2.24, 2.45) is 5.73 Å². The summed E-state index contributed by atoms with van der Waals surface area (Å²) in [5.74, 6) is 0.102. The summed E-state index contributed by atoms with van der Waals surface area (Å²) in [7, 11) is 1.46. The predicted molar refractivity (Wildman–Crippen MR) is 87.7 cm³/mol. The molecule has 2 N–H and O–H groups in total. The Morgan fingerprint density at radius 2 is 2.04 bits per heavy atom. The number of benzene rings is 1. The quantitative estimate of drug-likeness (QED) is 0.864. The summed E-state index contributed by atoms with van der Waals surface area (Å²) in [6.45, 7) is 5.64. The van der Waals surface area contributed by atoms with E-state index in [1.807, 2.05) is 17.9 Å². The molecule has 0 radical (unpaired) electrons. The van der Waals surface area contributed by atoms with Gasteiger partial charge in [-0.05, 0) is 31.0 Å². The Bertz CT molecular complexity index is 529. The maximum absolute atomic E-state index is 13.7. The lowest BCUT2D eigenvalue weighted by Gasteiger charge is -2.35. The molecule has 1 aromatic rings. The smallest absolute Gasteiger partial charge is 0.222 e. The van der Waals surface area contributed by atoms with Crippen LogP contribution >= 0.6 is 0 Å². The molecule has 128 valence electrons. The van der Waals surface area contributed by atoms with Gasteiger partial charge >= 0.3 is 0 Å². The molecule has 1 unspecified atom stereocenters. The second-order valence-electron chi connectivity index (χ2n) is 6.14. The Morgan fingerprint density at radius 1 is 1.35 bits per heavy atom. The molecule has 1 heterocycles. The van der Waals surface area contributed by atoms with E-state index in [4.69, 9.17) is 10.5 Å². The standard InChI is InChI=1S/C17H26FN3O2/c1-13(19)3-6-17(22)21-9-7-20(8-10-21)12-14-4-5-16(23-2)15(18)11-14/h4-5,11,13H,3,6-10,12,19H2,1-2H3. The molecule has 1 atom stereocenters. The molecule has 1 amide bonds. The fraction of sp³-hybridized carbons (Fsp3) is 0.588. The van der Waals surface area contributed by atoms with Gasteiger partial charge in [-0.1, -0.05) is 6.07 Å². The monoisotopic (exact) mass is 323 g/mol. The van der Waals surface area contributed by atoms with E-state index in [0.717, 1.165) is 38.2 Å². The number of methoxy groups -OCH3 is 1. The van der Waals surface area contributed by atoms with Crippen LogP contribution in [0.5, 0.6) is 5.75 Å². The second kappa shape index (κ2) is 8.26. The summed E-state index contributed by atoms with van der Waals surface area (Å²) in [4.78, 5) is 16.2. The zero-order valence-electron chi connectivity index (χ0n) is 13.9. The lowest BCUT2D eigenvalue weighted by atomic mass is 10.1. The molecule has 1 aromatic carbocycles. The molecule has 0 aliphatic carbocycles. The van der Waals surface area contributed by atoms with Crippen LogP contribution in [0.25, 0.3) is 0 Å². The molecular weight excluding hydrogens is 297 g/mol. The Balaban J connectivity index is 1.80. The minimum Gasteiger partial charge on any atom is -0.494 e. The topological polar surface area (TPSA) is 58.8 Å². The largest absolute Gasteiger partial charge is 0.494 e. The highest BCUT2D eigenvalue weighted by Gasteiger charge is 2.21. The van der Waals surface area contributed by atoms with E-state index in [0.29, 0.717) is 13.0 Å². The predicted octanol–water partition coefficient (Wildman–Crippen LogP) is 1.61. The van der Waals surface area contributed by atoms with Crippen LogP contribution in [0, 0.1) is 5.82 Å². The average Bonchev–Trinajstić information content (AvgIpc) is 2.53. The number of hydrogen-bond acceptors (Lipinski definition) is 4. The van der Waals surface area contributed by atoms with Gasteiger partial charge < -0.3 is 15.4 Å². The van der Waals surface area contributed by atoms with Crippen LogP contribution in [0.15, 0.2) is 18.2 Å². The summed E-state index contributed by atoms with van der Waals surface area (Å²) in [6.07, 6.45) is 1.24. The number of nitrogens with two attached hydrogens (primary N) is 1. The minimum absolute atomic E-state index is 0.0604. The van der Waals surface area contributed by atoms with Gasteiger partial charge in [0.05, 0.1) is 7.11 Å². The number of carbonyl (C=O) groups is 1. The Labute approximate surface area is 137 Å². The Morgan fingerprint density at radius 3 is 2.61 bits per heavy atom. The number of amides is 1. The van der Waals surface area contributed by atoms with Gasteiger partial charge in [0.25, 0.3) is 0 Å². The fourth-order valence-corrected chi connectivity index (χ4v) is 2.73. The van der Waals surface area contributed by atoms with Crippen molar-refractivity contribution in [1.82, 2.24) is 9.80 Å². The second-order valence-corrected chi connectivity index (χ2v) is 6.14. The molecule has 1 fully saturated rings. The molecule has 0 spiro atoms. The zero-order valence-corrected chi connectivity index (χ0v) is 13.9. The maximum Gasteiger partial charge on any atom is 0.222 e. The minimum atomic E-state index is -0.338. The van der Waals surface area contributed by atoms with Crippen molar-refractivity contribution in [2.45, 2.75) is 32.4 Å². The van der Waals surface area contributed by atoms with Gasteiger partial charge in [0.15, 0.2) is 11.6 Å². The van der Waals surface area contributed by atoms with E-state index in [1.165, 1.54) is 13.2 Å². The van der Waals surface area contributed by atoms with Crippen LogP contribution in [0.4, 0.5) is 4.39 Å². The molecule has 1 saturated heterocycles. The van der Waals surface area contributed by atoms with Crippen LogP contribution in [-0.4, -0.2) is 55.0 Å². The van der Waals surface area contributed by atoms with Gasteiger partial charge in [-0.15, -0.1) is 0 Å². The molecule has 0 aromatic heterocycles. The first-order valence-electron chi connectivity index (χ1n) is 8.07. The Hall–Kier alpha value is -1.66. The molecule has 5 nitrogen and oxygen atoms in total. The van der Waals surface area contributed by atoms with Gasteiger partial charge in [0.1, 0.15) is 0 Å². The van der Waals surface area contributed by atoms with Crippen LogP contribution in [-0.2, 0) is 11.3 Å². The van der Waals surface area contributed by atoms with E-state index < -0.39 is 0 Å². The highest BCUT2D eigenvalue weighted by Crippen LogP contribution is 2.19. The summed E-state index contributed by atoms with van der Waals surface area (Å²) in [5, 5.41) is 0. The summed E-state index contributed by atoms with van der Waals surface area (Å²) < 4.78 is 18.6. The van der Waals surface area contributed by atoms with Crippen molar-refractivity contribution >= 4 is 5.91 Å². The van der Waals surface area contributed by atoms with E-state index >= 15 is 0 Å². The number of carbonyl (C=O) groups excluding carboxylic acids is 1. The Kier molecular flexibility index (Phi) is 6.36. The third-order valence-electron chi connectivity index (χ3n) is 4.16. The van der Waals surface area contributed by atoms with Gasteiger partial charge in [-0.25, -0.2) is 4.39 Å². The van der Waals surface area contributed by atoms with E-state index in [1.54, 1.807) is 6.07 Å². The number of hydrogen-bond donors (Lipinski definition) is 1. The maximum atomic E-state index is 13.7. The molecule has 6 heteroatoms. The first-order chi connectivity index (χ1) is 11.0. The highest BCUT2D eigenvalue weighted by atomic mass is 19.1. The van der Waals surface area contributed by atoms with Gasteiger partial charge in [0.2, 0.25) is 5.91 Å². The molecule has 1 aliphatic rings. The van der Waals surface area contributed by atoms with Gasteiger partial charge in [-0.3, -0.25) is 9.69 Å². The lowest BCUT2D eigenvalue weighted by Crippen LogP contribution is -2.48. The average molecular weight is 323 g/mol. The third-order valence-corrected chi connectivity index (χ3v) is 4.16. The van der Waals surface area contributed by atoms with Crippen LogP contribution in [0.3, 0.4) is 0 Å². The van der Waals surface area contributed by atoms with Crippen molar-refractivity contribution in [1.29, 1.82) is 0 Å². The first kappa shape index (κ1) is 17.7. The van der Waals surface area contributed by atoms with Crippen molar-refractivity contribution in [3.63, 3.8) is 0 Å². The van der Waals surface area contributed by atoms with Gasteiger partial charge in [-0.2, -0.15) is 0 Å². The number of rotatable bonds is 6. The van der Waals surface area contributed by atoms with Crippen molar-refractivity contribution in [3.05, 3.63) is 29.6 Å². The highest BCUT2D eigenvalue weighted by molar-refractivity contribution is 5.76. The van der Waals surface area contributed by atoms with E-state index in [-0.39, 0.29) is 23.5 Å². The molecule has 2 rings (SSSR count). The summed E-state index contributed by atoms with van der Waals surface area (Å²) >= 11 is 0. The number of ether oxygens (including phenoxy) is 1. The van der Waals surface area contributed by atoms with Crippen molar-refractivity contribution in [2.75, 3.05) is 33.3 Å². The normalized spacial score (nSPS) is 17.1. The first-order valence-corrected chi connectivity index (χ1v) is 8.07.